The summed E-state index contributed by atoms with van der Waals surface area (Å²) >= 11 is 0. The molecule has 2 nitrogen and oxygen atoms in total. The van der Waals surface area contributed by atoms with Gasteiger partial charge in [-0.2, -0.15) is 0 Å². The number of benzene rings is 6. The van der Waals surface area contributed by atoms with Crippen LogP contribution in [-0.2, 0) is 12.8 Å². The Hall–Kier alpha value is -4.30. The number of anilines is 4. The van der Waals surface area contributed by atoms with E-state index in [2.05, 4.69) is 119 Å². The fourth-order valence-electron chi connectivity index (χ4n) is 6.54. The molecule has 0 bridgehead atoms. The van der Waals surface area contributed by atoms with E-state index in [0.717, 1.165) is 25.9 Å². The van der Waals surface area contributed by atoms with Crippen LogP contribution in [0, 0.1) is 0 Å². The third-order valence-electron chi connectivity index (χ3n) is 8.19. The smallest absolute Gasteiger partial charge is 0.0497 e. The van der Waals surface area contributed by atoms with E-state index in [-0.39, 0.29) is 0 Å². The predicted octanol–water partition coefficient (Wildman–Crippen LogP) is 8.53. The molecule has 2 aliphatic rings. The van der Waals surface area contributed by atoms with Crippen LogP contribution in [0.1, 0.15) is 11.1 Å². The highest BCUT2D eigenvalue weighted by atomic mass is 15.2. The summed E-state index contributed by atoms with van der Waals surface area (Å²) in [7, 11) is 0. The Kier molecular flexibility index (Phi) is 4.21. The summed E-state index contributed by atoms with van der Waals surface area (Å²) < 4.78 is 0. The van der Waals surface area contributed by atoms with Crippen LogP contribution < -0.4 is 9.80 Å². The lowest BCUT2D eigenvalue weighted by atomic mass is 9.94. The van der Waals surface area contributed by atoms with Gasteiger partial charge in [0.2, 0.25) is 0 Å². The van der Waals surface area contributed by atoms with Crippen molar-refractivity contribution in [3.8, 4) is 0 Å². The zero-order valence-corrected chi connectivity index (χ0v) is 20.1. The van der Waals surface area contributed by atoms with Gasteiger partial charge in [-0.15, -0.1) is 0 Å². The minimum Gasteiger partial charge on any atom is -0.340 e. The Morgan fingerprint density at radius 1 is 0.361 bits per heavy atom. The summed E-state index contributed by atoms with van der Waals surface area (Å²) in [6, 6.07) is 40.6. The number of fused-ring (bicyclic) bond motifs is 7. The summed E-state index contributed by atoms with van der Waals surface area (Å²) in [5.74, 6) is 0. The fourth-order valence-corrected chi connectivity index (χ4v) is 6.54. The third kappa shape index (κ3) is 2.79. The van der Waals surface area contributed by atoms with Gasteiger partial charge in [0.15, 0.2) is 0 Å². The third-order valence-corrected chi connectivity index (χ3v) is 8.19. The highest BCUT2D eigenvalue weighted by Crippen LogP contribution is 2.46. The van der Waals surface area contributed by atoms with Crippen molar-refractivity contribution >= 4 is 55.1 Å². The Labute approximate surface area is 211 Å². The van der Waals surface area contributed by atoms with E-state index < -0.39 is 0 Å². The summed E-state index contributed by atoms with van der Waals surface area (Å²) in [5, 5.41) is 7.97. The maximum Gasteiger partial charge on any atom is 0.0497 e. The molecule has 0 saturated heterocycles. The van der Waals surface area contributed by atoms with Crippen molar-refractivity contribution in [3.63, 3.8) is 0 Å². The summed E-state index contributed by atoms with van der Waals surface area (Å²) in [5.41, 5.74) is 8.19. The number of rotatable bonds is 2. The standard InChI is InChI=1S/C34H26N2/c1-7-15-31-23(9-1)17-19-35(31)33-21-29-26-12-4-6-14-28(26)34(22-30(29)25-11-3-5-13-27(25)33)36-20-18-24-10-2-8-16-32(24)36/h1-16,21-22H,17-20H2. The molecule has 2 heterocycles. The molecule has 8 rings (SSSR count). The van der Waals surface area contributed by atoms with Crippen molar-refractivity contribution in [2.75, 3.05) is 22.9 Å². The second-order valence-electron chi connectivity index (χ2n) is 10.0. The quantitative estimate of drug-likeness (QED) is 0.238. The molecule has 36 heavy (non-hydrogen) atoms. The molecule has 0 atom stereocenters. The number of hydrogen-bond acceptors (Lipinski definition) is 2. The maximum absolute atomic E-state index is 2.52. The van der Waals surface area contributed by atoms with Crippen molar-refractivity contribution < 1.29 is 0 Å². The fraction of sp³-hybridized carbons (Fsp3) is 0.118. The van der Waals surface area contributed by atoms with Crippen molar-refractivity contribution in [3.05, 3.63) is 120 Å². The summed E-state index contributed by atoms with van der Waals surface area (Å²) in [6.07, 6.45) is 2.19. The second kappa shape index (κ2) is 7.60. The molecule has 0 unspecified atom stereocenters. The van der Waals surface area contributed by atoms with Crippen LogP contribution in [0.3, 0.4) is 0 Å². The Morgan fingerprint density at radius 2 is 0.750 bits per heavy atom. The van der Waals surface area contributed by atoms with Gasteiger partial charge in [0.1, 0.15) is 0 Å². The Balaban J connectivity index is 1.45. The van der Waals surface area contributed by atoms with Gasteiger partial charge in [0.05, 0.1) is 0 Å². The summed E-state index contributed by atoms with van der Waals surface area (Å²) in [6.45, 7) is 2.05. The monoisotopic (exact) mass is 462 g/mol. The minimum atomic E-state index is 1.02. The van der Waals surface area contributed by atoms with Crippen LogP contribution in [0.5, 0.6) is 0 Å². The largest absolute Gasteiger partial charge is 0.340 e. The SMILES string of the molecule is c1ccc2c(c1)CCN2c1cc2c3ccccc3c(N3CCc4ccccc43)cc2c2ccccc12. The number of nitrogens with zero attached hydrogens (tertiary/aromatic N) is 2. The lowest BCUT2D eigenvalue weighted by Gasteiger charge is -2.26. The van der Waals surface area contributed by atoms with Gasteiger partial charge >= 0.3 is 0 Å². The van der Waals surface area contributed by atoms with E-state index in [0.29, 0.717) is 0 Å². The van der Waals surface area contributed by atoms with E-state index in [1.807, 2.05) is 0 Å². The minimum absolute atomic E-state index is 1.02. The first-order valence-electron chi connectivity index (χ1n) is 12.9. The molecule has 0 spiro atoms. The predicted molar refractivity (Wildman–Crippen MR) is 153 cm³/mol. The van der Waals surface area contributed by atoms with Crippen molar-refractivity contribution in [1.29, 1.82) is 0 Å². The molecule has 0 amide bonds. The van der Waals surface area contributed by atoms with E-state index in [4.69, 9.17) is 0 Å². The van der Waals surface area contributed by atoms with Crippen molar-refractivity contribution in [2.24, 2.45) is 0 Å². The molecular weight excluding hydrogens is 436 g/mol. The van der Waals surface area contributed by atoms with Crippen LogP contribution in [0.2, 0.25) is 0 Å². The molecule has 2 heteroatoms. The van der Waals surface area contributed by atoms with Gasteiger partial charge in [0.25, 0.3) is 0 Å². The van der Waals surface area contributed by atoms with Crippen LogP contribution >= 0.6 is 0 Å². The van der Waals surface area contributed by atoms with E-state index in [1.165, 1.54) is 66.2 Å². The normalized spacial score (nSPS) is 14.7. The number of para-hydroxylation sites is 2. The van der Waals surface area contributed by atoms with E-state index >= 15 is 0 Å². The van der Waals surface area contributed by atoms with Crippen LogP contribution in [0.25, 0.3) is 32.3 Å². The molecule has 0 radical (unpaired) electrons. The second-order valence-corrected chi connectivity index (χ2v) is 10.0. The molecule has 2 aliphatic heterocycles. The summed E-state index contributed by atoms with van der Waals surface area (Å²) in [4.78, 5) is 5.05. The van der Waals surface area contributed by atoms with Gasteiger partial charge in [-0.25, -0.2) is 0 Å². The lowest BCUT2D eigenvalue weighted by molar-refractivity contribution is 1.00. The van der Waals surface area contributed by atoms with Crippen molar-refractivity contribution in [2.45, 2.75) is 12.8 Å². The van der Waals surface area contributed by atoms with Gasteiger partial charge < -0.3 is 9.80 Å². The average Bonchev–Trinajstić information content (AvgIpc) is 3.57. The van der Waals surface area contributed by atoms with Gasteiger partial charge in [-0.3, -0.25) is 0 Å². The van der Waals surface area contributed by atoms with Gasteiger partial charge in [-0.05, 0) is 69.8 Å². The average molecular weight is 463 g/mol. The zero-order valence-electron chi connectivity index (χ0n) is 20.1. The van der Waals surface area contributed by atoms with Crippen molar-refractivity contribution in [1.82, 2.24) is 0 Å². The van der Waals surface area contributed by atoms with Crippen LogP contribution in [0.4, 0.5) is 22.7 Å². The Morgan fingerprint density at radius 3 is 1.22 bits per heavy atom. The topological polar surface area (TPSA) is 6.48 Å². The van der Waals surface area contributed by atoms with Crippen LogP contribution in [-0.4, -0.2) is 13.1 Å². The van der Waals surface area contributed by atoms with E-state index in [9.17, 15) is 0 Å². The highest BCUT2D eigenvalue weighted by Gasteiger charge is 2.25. The van der Waals surface area contributed by atoms with Gasteiger partial charge in [0, 0.05) is 46.6 Å². The van der Waals surface area contributed by atoms with Crippen LogP contribution in [0.15, 0.2) is 109 Å². The maximum atomic E-state index is 2.52. The highest BCUT2D eigenvalue weighted by molar-refractivity contribution is 6.24. The first-order chi connectivity index (χ1) is 17.9. The molecule has 0 aromatic heterocycles. The Bertz CT molecular complexity index is 1680. The first-order valence-corrected chi connectivity index (χ1v) is 12.9. The first kappa shape index (κ1) is 19.9. The molecule has 0 N–H and O–H groups in total. The number of hydrogen-bond donors (Lipinski definition) is 0. The zero-order chi connectivity index (χ0) is 23.6. The molecule has 6 aromatic carbocycles. The molecule has 0 saturated carbocycles. The lowest BCUT2D eigenvalue weighted by Crippen LogP contribution is -2.14. The molecule has 0 fully saturated rings. The molecule has 0 aliphatic carbocycles. The molecular formula is C34H26N2. The molecule has 6 aromatic rings. The van der Waals surface area contributed by atoms with E-state index in [1.54, 1.807) is 0 Å². The van der Waals surface area contributed by atoms with Gasteiger partial charge in [-0.1, -0.05) is 84.9 Å². The molecule has 172 valence electrons.